The summed E-state index contributed by atoms with van der Waals surface area (Å²) in [7, 11) is 0. The van der Waals surface area contributed by atoms with E-state index in [1.807, 2.05) is 0 Å². The van der Waals surface area contributed by atoms with Crippen molar-refractivity contribution in [3.8, 4) is 11.5 Å². The lowest BCUT2D eigenvalue weighted by Gasteiger charge is -1.96. The summed E-state index contributed by atoms with van der Waals surface area (Å²) in [5, 5.41) is 2.82. The van der Waals surface area contributed by atoms with Crippen molar-refractivity contribution < 1.29 is 17.7 Å². The minimum Gasteiger partial charge on any atom is -0.384 e. The van der Waals surface area contributed by atoms with Crippen LogP contribution in [-0.2, 0) is 6.18 Å². The van der Waals surface area contributed by atoms with Gasteiger partial charge in [0, 0.05) is 11.8 Å². The number of nitrogen functional groups attached to an aromatic ring is 1. The molecule has 16 heavy (non-hydrogen) atoms. The molecule has 0 saturated heterocycles. The van der Waals surface area contributed by atoms with Crippen molar-refractivity contribution in [1.82, 2.24) is 15.1 Å². The van der Waals surface area contributed by atoms with Crippen LogP contribution in [0.1, 0.15) is 5.82 Å². The lowest BCUT2D eigenvalue weighted by molar-refractivity contribution is -0.146. The Bertz CT molecular complexity index is 508. The molecule has 5 nitrogen and oxygen atoms in total. The summed E-state index contributed by atoms with van der Waals surface area (Å²) in [4.78, 5) is 6.89. The summed E-state index contributed by atoms with van der Waals surface area (Å²) >= 11 is 0. The molecule has 2 aromatic heterocycles. The average Bonchev–Trinajstić information content (AvgIpc) is 2.65. The van der Waals surface area contributed by atoms with Crippen molar-refractivity contribution in [1.29, 1.82) is 0 Å². The number of rotatable bonds is 1. The highest BCUT2D eigenvalue weighted by Crippen LogP contribution is 2.28. The minimum atomic E-state index is -4.62. The van der Waals surface area contributed by atoms with Crippen LogP contribution >= 0.6 is 0 Å². The number of hydrogen-bond acceptors (Lipinski definition) is 5. The Morgan fingerprint density at radius 3 is 2.62 bits per heavy atom. The van der Waals surface area contributed by atoms with E-state index in [0.29, 0.717) is 0 Å². The Morgan fingerprint density at radius 1 is 1.31 bits per heavy atom. The Balaban J connectivity index is 2.39. The number of halogens is 3. The van der Waals surface area contributed by atoms with Crippen LogP contribution < -0.4 is 5.73 Å². The molecule has 0 fully saturated rings. The van der Waals surface area contributed by atoms with Gasteiger partial charge in [0.15, 0.2) is 0 Å². The second-order valence-corrected chi connectivity index (χ2v) is 2.89. The second kappa shape index (κ2) is 3.47. The van der Waals surface area contributed by atoms with Gasteiger partial charge in [0.1, 0.15) is 5.82 Å². The SMILES string of the molecule is Nc1cc(-c2nc(C(F)(F)F)no2)ccn1. The van der Waals surface area contributed by atoms with Crippen LogP contribution in [0.2, 0.25) is 0 Å². The Labute approximate surface area is 87.1 Å². The Hall–Kier alpha value is -2.12. The zero-order valence-corrected chi connectivity index (χ0v) is 7.69. The molecule has 2 heterocycles. The zero-order chi connectivity index (χ0) is 11.8. The van der Waals surface area contributed by atoms with E-state index < -0.39 is 12.0 Å². The Kier molecular flexibility index (Phi) is 2.26. The van der Waals surface area contributed by atoms with Gasteiger partial charge in [0.25, 0.3) is 11.7 Å². The maximum absolute atomic E-state index is 12.2. The first kappa shape index (κ1) is 10.4. The Morgan fingerprint density at radius 2 is 2.06 bits per heavy atom. The van der Waals surface area contributed by atoms with E-state index in [1.165, 1.54) is 18.3 Å². The summed E-state index contributed by atoms with van der Waals surface area (Å²) in [5.74, 6) is -1.41. The highest BCUT2D eigenvalue weighted by atomic mass is 19.4. The van der Waals surface area contributed by atoms with Crippen molar-refractivity contribution in [2.75, 3.05) is 5.73 Å². The lowest BCUT2D eigenvalue weighted by Crippen LogP contribution is -2.07. The standard InChI is InChI=1S/C8H5F3N4O/c9-8(10,11)7-14-6(16-15-7)4-1-2-13-5(12)3-4/h1-3H,(H2,12,13). The summed E-state index contributed by atoms with van der Waals surface area (Å²) in [6.45, 7) is 0. The van der Waals surface area contributed by atoms with E-state index in [1.54, 1.807) is 0 Å². The summed E-state index contributed by atoms with van der Waals surface area (Å²) < 4.78 is 41.0. The van der Waals surface area contributed by atoms with Crippen molar-refractivity contribution in [2.24, 2.45) is 0 Å². The van der Waals surface area contributed by atoms with Crippen LogP contribution in [-0.4, -0.2) is 15.1 Å². The molecule has 0 spiro atoms. The number of pyridine rings is 1. The molecule has 2 rings (SSSR count). The van der Waals surface area contributed by atoms with Gasteiger partial charge < -0.3 is 10.3 Å². The first-order chi connectivity index (χ1) is 7.47. The predicted molar refractivity (Wildman–Crippen MR) is 46.9 cm³/mol. The molecule has 0 atom stereocenters. The molecule has 0 aromatic carbocycles. The summed E-state index contributed by atoms with van der Waals surface area (Å²) in [6.07, 6.45) is -3.29. The maximum atomic E-state index is 12.2. The predicted octanol–water partition coefficient (Wildman–Crippen LogP) is 1.73. The van der Waals surface area contributed by atoms with Crippen LogP contribution in [0.15, 0.2) is 22.9 Å². The van der Waals surface area contributed by atoms with E-state index >= 15 is 0 Å². The molecule has 0 saturated carbocycles. The first-order valence-electron chi connectivity index (χ1n) is 4.09. The van der Waals surface area contributed by atoms with Gasteiger partial charge in [-0.05, 0) is 12.1 Å². The molecular formula is C8H5F3N4O. The van der Waals surface area contributed by atoms with Gasteiger partial charge in [-0.3, -0.25) is 0 Å². The largest absolute Gasteiger partial charge is 0.455 e. The van der Waals surface area contributed by atoms with Gasteiger partial charge in [-0.2, -0.15) is 18.2 Å². The smallest absolute Gasteiger partial charge is 0.384 e. The van der Waals surface area contributed by atoms with Gasteiger partial charge in [-0.25, -0.2) is 4.98 Å². The topological polar surface area (TPSA) is 77.8 Å². The molecule has 8 heteroatoms. The normalized spacial score (nSPS) is 11.7. The molecule has 0 aliphatic carbocycles. The van der Waals surface area contributed by atoms with Crippen molar-refractivity contribution >= 4 is 5.82 Å². The van der Waals surface area contributed by atoms with E-state index in [4.69, 9.17) is 5.73 Å². The van der Waals surface area contributed by atoms with Gasteiger partial charge >= 0.3 is 6.18 Å². The van der Waals surface area contributed by atoms with Crippen LogP contribution in [0.25, 0.3) is 11.5 Å². The highest BCUT2D eigenvalue weighted by Gasteiger charge is 2.37. The number of hydrogen-bond donors (Lipinski definition) is 1. The molecule has 2 N–H and O–H groups in total. The third-order valence-corrected chi connectivity index (χ3v) is 1.71. The highest BCUT2D eigenvalue weighted by molar-refractivity contribution is 5.56. The number of aromatic nitrogens is 3. The van der Waals surface area contributed by atoms with Crippen LogP contribution in [0, 0.1) is 0 Å². The second-order valence-electron chi connectivity index (χ2n) is 2.89. The number of alkyl halides is 3. The van der Waals surface area contributed by atoms with E-state index in [-0.39, 0.29) is 17.3 Å². The molecule has 0 unspecified atom stereocenters. The van der Waals surface area contributed by atoms with Gasteiger partial charge in [-0.1, -0.05) is 5.16 Å². The van der Waals surface area contributed by atoms with E-state index in [2.05, 4.69) is 19.6 Å². The van der Waals surface area contributed by atoms with Crippen molar-refractivity contribution in [3.63, 3.8) is 0 Å². The van der Waals surface area contributed by atoms with Gasteiger partial charge in [-0.15, -0.1) is 0 Å². The lowest BCUT2D eigenvalue weighted by atomic mass is 10.2. The fourth-order valence-corrected chi connectivity index (χ4v) is 1.04. The first-order valence-corrected chi connectivity index (χ1v) is 4.09. The molecule has 2 aromatic rings. The van der Waals surface area contributed by atoms with E-state index in [0.717, 1.165) is 0 Å². The average molecular weight is 230 g/mol. The summed E-state index contributed by atoms with van der Waals surface area (Å²) in [5.41, 5.74) is 5.65. The third kappa shape index (κ3) is 1.95. The van der Waals surface area contributed by atoms with Crippen molar-refractivity contribution in [2.45, 2.75) is 6.18 Å². The molecule has 0 amide bonds. The molecule has 0 bridgehead atoms. The zero-order valence-electron chi connectivity index (χ0n) is 7.69. The number of nitrogens with zero attached hydrogens (tertiary/aromatic N) is 3. The van der Waals surface area contributed by atoms with Crippen LogP contribution in [0.3, 0.4) is 0 Å². The fraction of sp³-hybridized carbons (Fsp3) is 0.125. The van der Waals surface area contributed by atoms with Gasteiger partial charge in [0.2, 0.25) is 0 Å². The fourth-order valence-electron chi connectivity index (χ4n) is 1.04. The molecule has 0 aliphatic heterocycles. The number of nitrogens with two attached hydrogens (primary N) is 1. The number of anilines is 1. The quantitative estimate of drug-likeness (QED) is 0.807. The minimum absolute atomic E-state index is 0.157. The third-order valence-electron chi connectivity index (χ3n) is 1.71. The van der Waals surface area contributed by atoms with E-state index in [9.17, 15) is 13.2 Å². The molecule has 0 radical (unpaired) electrons. The van der Waals surface area contributed by atoms with Gasteiger partial charge in [0.05, 0.1) is 0 Å². The molecule has 0 aliphatic rings. The van der Waals surface area contributed by atoms with Crippen molar-refractivity contribution in [3.05, 3.63) is 24.2 Å². The summed E-state index contributed by atoms with van der Waals surface area (Å²) in [6, 6.07) is 2.76. The maximum Gasteiger partial charge on any atom is 0.455 e. The molecular weight excluding hydrogens is 225 g/mol. The van der Waals surface area contributed by atoms with Crippen LogP contribution in [0.4, 0.5) is 19.0 Å². The van der Waals surface area contributed by atoms with Crippen LogP contribution in [0.5, 0.6) is 0 Å². The molecule has 84 valence electrons. The monoisotopic (exact) mass is 230 g/mol.